The summed E-state index contributed by atoms with van der Waals surface area (Å²) < 4.78 is 5.03. The first kappa shape index (κ1) is 22.0. The number of rotatable bonds is 8. The normalized spacial score (nSPS) is 10.3. The number of hydrogen-bond acceptors (Lipinski definition) is 8. The molecule has 0 unspecified atom stereocenters. The summed E-state index contributed by atoms with van der Waals surface area (Å²) in [5.41, 5.74) is 1.71. The zero-order valence-corrected chi connectivity index (χ0v) is 17.3. The number of anilines is 2. The number of thiophene rings is 1. The van der Waals surface area contributed by atoms with Crippen LogP contribution in [0.5, 0.6) is 0 Å². The molecule has 0 saturated heterocycles. The maximum atomic E-state index is 12.4. The van der Waals surface area contributed by atoms with Crippen LogP contribution in [0.2, 0.25) is 0 Å². The second-order valence-electron chi connectivity index (χ2n) is 6.20. The number of ketones is 1. The molecule has 29 heavy (non-hydrogen) atoms. The molecule has 0 spiro atoms. The molecule has 0 aliphatic heterocycles. The molecule has 0 aliphatic carbocycles. The predicted octanol–water partition coefficient (Wildman–Crippen LogP) is 3.70. The van der Waals surface area contributed by atoms with E-state index in [1.807, 2.05) is 0 Å². The van der Waals surface area contributed by atoms with Crippen LogP contribution < -0.4 is 10.6 Å². The van der Waals surface area contributed by atoms with Gasteiger partial charge in [-0.3, -0.25) is 19.7 Å². The molecule has 0 aliphatic rings. The monoisotopic (exact) mass is 419 g/mol. The van der Waals surface area contributed by atoms with Gasteiger partial charge in [0.2, 0.25) is 5.91 Å². The molecule has 2 N–H and O–H groups in total. The standard InChI is InChI=1S/C19H21N3O6S/c1-5-28-19(25)16-11(3)17(12(4)23)29-18(16)21-15(24)9-20-14-8-13(22(26)27)7-6-10(14)2/h6-8,20H,5,9H2,1-4H3,(H,21,24). The van der Waals surface area contributed by atoms with E-state index in [1.54, 1.807) is 26.8 Å². The quantitative estimate of drug-likeness (QED) is 0.289. The number of non-ortho nitro benzene ring substituents is 1. The molecule has 0 fully saturated rings. The number of hydrogen-bond donors (Lipinski definition) is 2. The number of benzene rings is 1. The number of ether oxygens (including phenoxy) is 1. The highest BCUT2D eigenvalue weighted by molar-refractivity contribution is 7.18. The van der Waals surface area contributed by atoms with Crippen molar-refractivity contribution in [1.82, 2.24) is 0 Å². The molecule has 0 radical (unpaired) electrons. The largest absolute Gasteiger partial charge is 0.462 e. The van der Waals surface area contributed by atoms with E-state index in [9.17, 15) is 24.5 Å². The zero-order chi connectivity index (χ0) is 21.7. The SMILES string of the molecule is CCOC(=O)c1c(NC(=O)CNc2cc([N+](=O)[O-])ccc2C)sc(C(C)=O)c1C. The van der Waals surface area contributed by atoms with Gasteiger partial charge in [-0.1, -0.05) is 6.07 Å². The Labute approximate surface area is 171 Å². The summed E-state index contributed by atoms with van der Waals surface area (Å²) in [5, 5.41) is 16.6. The van der Waals surface area contributed by atoms with E-state index in [1.165, 1.54) is 19.1 Å². The number of nitrogens with one attached hydrogen (secondary N) is 2. The fraction of sp³-hybridized carbons (Fsp3) is 0.316. The van der Waals surface area contributed by atoms with Crippen LogP contribution in [-0.2, 0) is 9.53 Å². The van der Waals surface area contributed by atoms with E-state index in [0.717, 1.165) is 16.9 Å². The lowest BCUT2D eigenvalue weighted by molar-refractivity contribution is -0.384. The van der Waals surface area contributed by atoms with Crippen LogP contribution in [0.4, 0.5) is 16.4 Å². The fourth-order valence-corrected chi connectivity index (χ4v) is 3.75. The second-order valence-corrected chi connectivity index (χ2v) is 7.22. The number of Topliss-reactive ketones (excluding diaryl/α,β-unsaturated/α-hetero) is 1. The molecule has 10 heteroatoms. The van der Waals surface area contributed by atoms with Crippen LogP contribution >= 0.6 is 11.3 Å². The molecular weight excluding hydrogens is 398 g/mol. The maximum absolute atomic E-state index is 12.4. The van der Waals surface area contributed by atoms with Crippen molar-refractivity contribution in [2.24, 2.45) is 0 Å². The van der Waals surface area contributed by atoms with Gasteiger partial charge < -0.3 is 15.4 Å². The molecule has 0 bridgehead atoms. The summed E-state index contributed by atoms with van der Waals surface area (Å²) in [5.74, 6) is -1.31. The lowest BCUT2D eigenvalue weighted by Crippen LogP contribution is -2.23. The maximum Gasteiger partial charge on any atom is 0.341 e. The van der Waals surface area contributed by atoms with Gasteiger partial charge in [-0.15, -0.1) is 11.3 Å². The Kier molecular flexibility index (Phi) is 7.05. The summed E-state index contributed by atoms with van der Waals surface area (Å²) in [4.78, 5) is 47.2. The summed E-state index contributed by atoms with van der Waals surface area (Å²) in [6.45, 7) is 6.40. The fourth-order valence-electron chi connectivity index (χ4n) is 2.65. The van der Waals surface area contributed by atoms with Gasteiger partial charge in [-0.2, -0.15) is 0 Å². The first-order chi connectivity index (χ1) is 13.6. The van der Waals surface area contributed by atoms with Crippen molar-refractivity contribution >= 4 is 45.4 Å². The molecule has 1 amide bonds. The Balaban J connectivity index is 2.20. The number of carbonyl (C=O) groups is 3. The second kappa shape index (κ2) is 9.28. The molecule has 154 valence electrons. The Morgan fingerprint density at radius 1 is 1.24 bits per heavy atom. The third-order valence-electron chi connectivity index (χ3n) is 4.07. The van der Waals surface area contributed by atoms with Gasteiger partial charge in [0.25, 0.3) is 5.69 Å². The van der Waals surface area contributed by atoms with Crippen molar-refractivity contribution in [3.05, 3.63) is 49.9 Å². The minimum absolute atomic E-state index is 0.0944. The van der Waals surface area contributed by atoms with E-state index in [-0.39, 0.29) is 35.2 Å². The summed E-state index contributed by atoms with van der Waals surface area (Å²) in [7, 11) is 0. The highest BCUT2D eigenvalue weighted by Gasteiger charge is 2.25. The molecule has 1 aromatic carbocycles. The molecule has 0 saturated carbocycles. The van der Waals surface area contributed by atoms with Gasteiger partial charge in [0.15, 0.2) is 5.78 Å². The van der Waals surface area contributed by atoms with Crippen molar-refractivity contribution in [3.63, 3.8) is 0 Å². The molecule has 1 aromatic heterocycles. The van der Waals surface area contributed by atoms with Crippen LogP contribution in [0.3, 0.4) is 0 Å². The number of nitro benzene ring substituents is 1. The first-order valence-corrected chi connectivity index (χ1v) is 9.57. The summed E-state index contributed by atoms with van der Waals surface area (Å²) in [6.07, 6.45) is 0. The average molecular weight is 419 g/mol. The lowest BCUT2D eigenvalue weighted by Gasteiger charge is -2.10. The van der Waals surface area contributed by atoms with Crippen LogP contribution in [0.1, 0.15) is 45.0 Å². The van der Waals surface area contributed by atoms with E-state index in [0.29, 0.717) is 16.1 Å². The van der Waals surface area contributed by atoms with Crippen LogP contribution in [0.15, 0.2) is 18.2 Å². The minimum Gasteiger partial charge on any atom is -0.462 e. The predicted molar refractivity (Wildman–Crippen MR) is 110 cm³/mol. The van der Waals surface area contributed by atoms with Crippen molar-refractivity contribution in [2.75, 3.05) is 23.8 Å². The van der Waals surface area contributed by atoms with Gasteiger partial charge in [-0.25, -0.2) is 4.79 Å². The Bertz CT molecular complexity index is 983. The number of nitrogens with zero attached hydrogens (tertiary/aromatic N) is 1. The van der Waals surface area contributed by atoms with E-state index in [4.69, 9.17) is 4.74 Å². The average Bonchev–Trinajstić information content (AvgIpc) is 2.97. The van der Waals surface area contributed by atoms with Crippen LogP contribution in [-0.4, -0.2) is 35.7 Å². The van der Waals surface area contributed by atoms with Gasteiger partial charge in [0.05, 0.1) is 28.5 Å². The Morgan fingerprint density at radius 3 is 2.52 bits per heavy atom. The van der Waals surface area contributed by atoms with Gasteiger partial charge in [-0.05, 0) is 38.8 Å². The van der Waals surface area contributed by atoms with Gasteiger partial charge in [0, 0.05) is 17.8 Å². The summed E-state index contributed by atoms with van der Waals surface area (Å²) >= 11 is 1.01. The van der Waals surface area contributed by atoms with E-state index < -0.39 is 16.8 Å². The number of aryl methyl sites for hydroxylation is 1. The van der Waals surface area contributed by atoms with Gasteiger partial charge >= 0.3 is 5.97 Å². The number of esters is 1. The number of amides is 1. The number of nitro groups is 1. The highest BCUT2D eigenvalue weighted by atomic mass is 32.1. The smallest absolute Gasteiger partial charge is 0.341 e. The topological polar surface area (TPSA) is 128 Å². The van der Waals surface area contributed by atoms with Crippen molar-refractivity contribution in [2.45, 2.75) is 27.7 Å². The van der Waals surface area contributed by atoms with Crippen LogP contribution in [0.25, 0.3) is 0 Å². The third-order valence-corrected chi connectivity index (χ3v) is 5.38. The number of carbonyl (C=O) groups excluding carboxylic acids is 3. The van der Waals surface area contributed by atoms with Gasteiger partial charge in [0.1, 0.15) is 5.00 Å². The minimum atomic E-state index is -0.619. The first-order valence-electron chi connectivity index (χ1n) is 8.75. The van der Waals surface area contributed by atoms with Crippen LogP contribution in [0, 0.1) is 24.0 Å². The van der Waals surface area contributed by atoms with Crippen molar-refractivity contribution < 1.29 is 24.0 Å². The Hall–Kier alpha value is -3.27. The molecule has 2 aromatic rings. The molecule has 9 nitrogen and oxygen atoms in total. The summed E-state index contributed by atoms with van der Waals surface area (Å²) in [6, 6.07) is 4.30. The van der Waals surface area contributed by atoms with Crippen molar-refractivity contribution in [3.8, 4) is 0 Å². The molecule has 2 rings (SSSR count). The van der Waals surface area contributed by atoms with E-state index in [2.05, 4.69) is 10.6 Å². The van der Waals surface area contributed by atoms with E-state index >= 15 is 0 Å². The molecule has 0 atom stereocenters. The molecule has 1 heterocycles. The third kappa shape index (κ3) is 5.17. The lowest BCUT2D eigenvalue weighted by atomic mass is 10.1. The van der Waals surface area contributed by atoms with Crippen molar-refractivity contribution in [1.29, 1.82) is 0 Å². The zero-order valence-electron chi connectivity index (χ0n) is 16.5. The highest BCUT2D eigenvalue weighted by Crippen LogP contribution is 2.34. The molecular formula is C19H21N3O6S. The Morgan fingerprint density at radius 2 is 1.93 bits per heavy atom.